The van der Waals surface area contributed by atoms with Crippen molar-refractivity contribution in [3.63, 3.8) is 0 Å². The van der Waals surface area contributed by atoms with Gasteiger partial charge in [0.2, 0.25) is 0 Å². The first kappa shape index (κ1) is 15.4. The number of carbonyl (C=O) groups is 1. The molecule has 0 saturated heterocycles. The monoisotopic (exact) mass is 302 g/mol. The summed E-state index contributed by atoms with van der Waals surface area (Å²) in [6, 6.07) is 14.5. The van der Waals surface area contributed by atoms with Crippen LogP contribution in [0.15, 0.2) is 48.5 Å². The van der Waals surface area contributed by atoms with Crippen molar-refractivity contribution in [2.24, 2.45) is 0 Å². The third kappa shape index (κ3) is 4.03. The van der Waals surface area contributed by atoms with Gasteiger partial charge in [0.15, 0.2) is 0 Å². The predicted octanol–water partition coefficient (Wildman–Crippen LogP) is 3.09. The molecule has 112 valence electrons. The Balaban J connectivity index is 2.04. The van der Waals surface area contributed by atoms with E-state index in [4.69, 9.17) is 5.26 Å². The summed E-state index contributed by atoms with van der Waals surface area (Å²) < 4.78 is 28.9. The zero-order chi connectivity index (χ0) is 15.9. The van der Waals surface area contributed by atoms with Crippen LogP contribution < -0.4 is 10.1 Å². The normalized spacial score (nSPS) is 10.1. The van der Waals surface area contributed by atoms with E-state index in [0.717, 1.165) is 5.56 Å². The number of halogens is 2. The fourth-order valence-electron chi connectivity index (χ4n) is 1.83. The molecule has 0 aliphatic rings. The Kier molecular flexibility index (Phi) is 5.04. The number of amides is 1. The van der Waals surface area contributed by atoms with Crippen LogP contribution in [0.1, 0.15) is 21.5 Å². The second-order valence-electron chi connectivity index (χ2n) is 4.37. The summed E-state index contributed by atoms with van der Waals surface area (Å²) in [5.74, 6) is -0.685. The van der Waals surface area contributed by atoms with E-state index in [9.17, 15) is 13.6 Å². The van der Waals surface area contributed by atoms with Crippen molar-refractivity contribution in [2.75, 3.05) is 0 Å². The van der Waals surface area contributed by atoms with Gasteiger partial charge in [0, 0.05) is 6.54 Å². The molecule has 4 nitrogen and oxygen atoms in total. The molecule has 0 saturated carbocycles. The number of rotatable bonds is 5. The average molecular weight is 302 g/mol. The number of nitriles is 1. The maximum absolute atomic E-state index is 12.3. The molecule has 2 aromatic rings. The number of hydrogen-bond donors (Lipinski definition) is 1. The van der Waals surface area contributed by atoms with Crippen LogP contribution in [-0.4, -0.2) is 12.5 Å². The van der Waals surface area contributed by atoms with Gasteiger partial charge in [-0.3, -0.25) is 4.79 Å². The van der Waals surface area contributed by atoms with Crippen molar-refractivity contribution >= 4 is 5.91 Å². The number of alkyl halides is 2. The number of benzene rings is 2. The lowest BCUT2D eigenvalue weighted by atomic mass is 10.1. The molecule has 0 heterocycles. The molecule has 0 aliphatic carbocycles. The SMILES string of the molecule is N#Cc1ccc(CNC(=O)c2ccccc2OC(F)F)cc1. The van der Waals surface area contributed by atoms with Crippen LogP contribution >= 0.6 is 0 Å². The fraction of sp³-hybridized carbons (Fsp3) is 0.125. The summed E-state index contributed by atoms with van der Waals surface area (Å²) in [4.78, 5) is 12.1. The zero-order valence-corrected chi connectivity index (χ0v) is 11.4. The van der Waals surface area contributed by atoms with Crippen LogP contribution in [0, 0.1) is 11.3 Å². The Hall–Kier alpha value is -2.94. The van der Waals surface area contributed by atoms with Crippen molar-refractivity contribution in [2.45, 2.75) is 13.2 Å². The zero-order valence-electron chi connectivity index (χ0n) is 11.4. The van der Waals surface area contributed by atoms with Crippen molar-refractivity contribution in [3.8, 4) is 11.8 Å². The van der Waals surface area contributed by atoms with E-state index < -0.39 is 12.5 Å². The van der Waals surface area contributed by atoms with Gasteiger partial charge < -0.3 is 10.1 Å². The Labute approximate surface area is 125 Å². The van der Waals surface area contributed by atoms with Crippen LogP contribution in [0.5, 0.6) is 5.75 Å². The molecule has 2 rings (SSSR count). The van der Waals surface area contributed by atoms with Gasteiger partial charge in [0.1, 0.15) is 5.75 Å². The summed E-state index contributed by atoms with van der Waals surface area (Å²) >= 11 is 0. The Morgan fingerprint density at radius 1 is 1.18 bits per heavy atom. The predicted molar refractivity (Wildman–Crippen MR) is 75.4 cm³/mol. The molecule has 1 amide bonds. The van der Waals surface area contributed by atoms with E-state index >= 15 is 0 Å². The summed E-state index contributed by atoms with van der Waals surface area (Å²) in [5.41, 5.74) is 1.35. The first-order valence-electron chi connectivity index (χ1n) is 6.41. The highest BCUT2D eigenvalue weighted by Gasteiger charge is 2.14. The quantitative estimate of drug-likeness (QED) is 0.923. The van der Waals surface area contributed by atoms with Crippen molar-refractivity contribution in [3.05, 3.63) is 65.2 Å². The molecule has 0 bridgehead atoms. The van der Waals surface area contributed by atoms with Crippen LogP contribution in [0.2, 0.25) is 0 Å². The van der Waals surface area contributed by atoms with E-state index in [-0.39, 0.29) is 17.9 Å². The molecule has 0 atom stereocenters. The van der Waals surface area contributed by atoms with E-state index in [2.05, 4.69) is 10.1 Å². The van der Waals surface area contributed by atoms with E-state index in [1.165, 1.54) is 18.2 Å². The molecule has 0 radical (unpaired) electrons. The number of nitrogens with zero attached hydrogens (tertiary/aromatic N) is 1. The van der Waals surface area contributed by atoms with E-state index in [0.29, 0.717) is 5.56 Å². The molecule has 0 unspecified atom stereocenters. The van der Waals surface area contributed by atoms with Gasteiger partial charge in [-0.25, -0.2) is 0 Å². The highest BCUT2D eigenvalue weighted by atomic mass is 19.3. The van der Waals surface area contributed by atoms with Gasteiger partial charge in [-0.05, 0) is 29.8 Å². The third-order valence-corrected chi connectivity index (χ3v) is 2.88. The Morgan fingerprint density at radius 3 is 2.50 bits per heavy atom. The fourth-order valence-corrected chi connectivity index (χ4v) is 1.83. The summed E-state index contributed by atoms with van der Waals surface area (Å²) in [5, 5.41) is 11.3. The minimum Gasteiger partial charge on any atom is -0.434 e. The van der Waals surface area contributed by atoms with Gasteiger partial charge in [-0.2, -0.15) is 14.0 Å². The van der Waals surface area contributed by atoms with Crippen molar-refractivity contribution in [1.82, 2.24) is 5.32 Å². The standard InChI is InChI=1S/C16H12F2N2O2/c17-16(18)22-14-4-2-1-3-13(14)15(21)20-10-12-7-5-11(9-19)6-8-12/h1-8,16H,10H2,(H,20,21). The van der Waals surface area contributed by atoms with Gasteiger partial charge in [-0.15, -0.1) is 0 Å². The lowest BCUT2D eigenvalue weighted by molar-refractivity contribution is -0.0501. The number of para-hydroxylation sites is 1. The number of nitrogens with one attached hydrogen (secondary N) is 1. The molecule has 22 heavy (non-hydrogen) atoms. The molecule has 0 aromatic heterocycles. The molecule has 1 N–H and O–H groups in total. The lowest BCUT2D eigenvalue weighted by Crippen LogP contribution is -2.23. The van der Waals surface area contributed by atoms with Crippen molar-refractivity contribution in [1.29, 1.82) is 5.26 Å². The van der Waals surface area contributed by atoms with Gasteiger partial charge in [0.25, 0.3) is 5.91 Å². The van der Waals surface area contributed by atoms with Crippen LogP contribution in [0.4, 0.5) is 8.78 Å². The second-order valence-corrected chi connectivity index (χ2v) is 4.37. The van der Waals surface area contributed by atoms with Crippen molar-refractivity contribution < 1.29 is 18.3 Å². The number of hydrogen-bond acceptors (Lipinski definition) is 3. The van der Waals surface area contributed by atoms with Crippen LogP contribution in [-0.2, 0) is 6.54 Å². The molecule has 0 fully saturated rings. The van der Waals surface area contributed by atoms with Gasteiger partial charge in [0.05, 0.1) is 17.2 Å². The summed E-state index contributed by atoms with van der Waals surface area (Å²) in [6.07, 6.45) is 0. The van der Waals surface area contributed by atoms with Gasteiger partial charge >= 0.3 is 6.61 Å². The molecule has 0 spiro atoms. The topological polar surface area (TPSA) is 62.1 Å². The first-order chi connectivity index (χ1) is 10.6. The Morgan fingerprint density at radius 2 is 1.86 bits per heavy atom. The molecular weight excluding hydrogens is 290 g/mol. The van der Waals surface area contributed by atoms with E-state index in [1.807, 2.05) is 6.07 Å². The highest BCUT2D eigenvalue weighted by molar-refractivity contribution is 5.96. The Bertz CT molecular complexity index is 694. The molecule has 2 aromatic carbocycles. The van der Waals surface area contributed by atoms with Gasteiger partial charge in [-0.1, -0.05) is 24.3 Å². The number of ether oxygens (including phenoxy) is 1. The molecule has 6 heteroatoms. The largest absolute Gasteiger partial charge is 0.434 e. The molecule has 0 aliphatic heterocycles. The van der Waals surface area contributed by atoms with Crippen LogP contribution in [0.3, 0.4) is 0 Å². The minimum atomic E-state index is -2.99. The minimum absolute atomic E-state index is 0.0384. The highest BCUT2D eigenvalue weighted by Crippen LogP contribution is 2.20. The summed E-state index contributed by atoms with van der Waals surface area (Å²) in [6.45, 7) is -2.78. The maximum Gasteiger partial charge on any atom is 0.387 e. The van der Waals surface area contributed by atoms with E-state index in [1.54, 1.807) is 30.3 Å². The molecular formula is C16H12F2N2O2. The third-order valence-electron chi connectivity index (χ3n) is 2.88. The first-order valence-corrected chi connectivity index (χ1v) is 6.41. The average Bonchev–Trinajstić information content (AvgIpc) is 2.53. The smallest absolute Gasteiger partial charge is 0.387 e. The summed E-state index contributed by atoms with van der Waals surface area (Å²) in [7, 11) is 0. The lowest BCUT2D eigenvalue weighted by Gasteiger charge is -2.11. The number of carbonyl (C=O) groups excluding carboxylic acids is 1. The maximum atomic E-state index is 12.3. The second kappa shape index (κ2) is 7.18. The van der Waals surface area contributed by atoms with Crippen LogP contribution in [0.25, 0.3) is 0 Å².